The first-order valence-electron chi connectivity index (χ1n) is 18.2. The molecule has 10 nitrogen and oxygen atoms in total. The van der Waals surface area contributed by atoms with Crippen molar-refractivity contribution >= 4 is 68.7 Å². The van der Waals surface area contributed by atoms with Gasteiger partial charge in [0, 0.05) is 60.0 Å². The summed E-state index contributed by atoms with van der Waals surface area (Å²) in [5, 5.41) is 9.41. The molecule has 2 N–H and O–H groups in total. The van der Waals surface area contributed by atoms with Crippen LogP contribution >= 0.6 is 0 Å². The number of carbonyl (C=O) groups excluding carboxylic acids is 4. The normalized spacial score (nSPS) is 17.0. The molecule has 268 valence electrons. The molecular formula is C44H38N6O4. The zero-order valence-corrected chi connectivity index (χ0v) is 29.5. The smallest absolute Gasteiger partial charge is 0.256 e. The number of benzene rings is 4. The molecule has 2 atom stereocenters. The van der Waals surface area contributed by atoms with Crippen molar-refractivity contribution in [2.45, 2.75) is 37.8 Å². The molecule has 4 amide bonds. The lowest BCUT2D eigenvalue weighted by Gasteiger charge is -2.24. The van der Waals surface area contributed by atoms with Gasteiger partial charge in [-0.3, -0.25) is 29.1 Å². The van der Waals surface area contributed by atoms with Gasteiger partial charge in [-0.1, -0.05) is 84.9 Å². The van der Waals surface area contributed by atoms with E-state index in [4.69, 9.17) is 0 Å². The summed E-state index contributed by atoms with van der Waals surface area (Å²) in [6, 6.07) is 29.2. The molecule has 10 heteroatoms. The zero-order valence-electron chi connectivity index (χ0n) is 29.5. The van der Waals surface area contributed by atoms with Gasteiger partial charge >= 0.3 is 0 Å². The molecule has 4 heterocycles. The van der Waals surface area contributed by atoms with Crippen molar-refractivity contribution in [3.8, 4) is 0 Å². The molecule has 0 saturated carbocycles. The Balaban J connectivity index is 0.858. The fourth-order valence-corrected chi connectivity index (χ4v) is 7.45. The minimum Gasteiger partial charge on any atom is -0.327 e. The largest absolute Gasteiger partial charge is 0.327 e. The van der Waals surface area contributed by atoms with Gasteiger partial charge in [-0.15, -0.1) is 0 Å². The topological polar surface area (TPSA) is 125 Å². The van der Waals surface area contributed by atoms with E-state index in [2.05, 4.69) is 20.6 Å². The second kappa shape index (κ2) is 15.1. The standard InChI is InChI=1S/C44H38N6O4/c51-41(39-11-5-23-49(39)43(53)37-27-45-25-31-7-1-3-9-35(31)37)47-33-19-15-29(16-20-33)13-14-30-17-21-34(22-18-30)48-42(52)40-12-6-24-50(40)44(54)38-28-46-26-32-8-2-4-10-36(32)38/h1-4,7-10,13-22,25-28,39-40H,5-6,11-12,23-24H2,(H,47,51)(H,48,52)/b14-13+/t39-,40-/m0/s1. The van der Waals surface area contributed by atoms with Crippen molar-refractivity contribution in [1.82, 2.24) is 19.8 Å². The number of anilines is 2. The molecule has 0 unspecified atom stereocenters. The molecule has 0 spiro atoms. The molecule has 6 aromatic rings. The predicted molar refractivity (Wildman–Crippen MR) is 211 cm³/mol. The summed E-state index contributed by atoms with van der Waals surface area (Å²) in [6.07, 6.45) is 13.3. The van der Waals surface area contributed by atoms with Crippen molar-refractivity contribution < 1.29 is 19.2 Å². The number of aromatic nitrogens is 2. The van der Waals surface area contributed by atoms with Crippen LogP contribution in [-0.2, 0) is 9.59 Å². The van der Waals surface area contributed by atoms with Crippen LogP contribution in [0, 0.1) is 0 Å². The van der Waals surface area contributed by atoms with E-state index in [0.29, 0.717) is 48.4 Å². The number of nitrogens with one attached hydrogen (secondary N) is 2. The van der Waals surface area contributed by atoms with Crippen LogP contribution in [0.15, 0.2) is 122 Å². The second-order valence-corrected chi connectivity index (χ2v) is 13.7. The molecule has 0 radical (unpaired) electrons. The average molecular weight is 715 g/mol. The van der Waals surface area contributed by atoms with E-state index in [9.17, 15) is 19.2 Å². The Bertz CT molecular complexity index is 2230. The van der Waals surface area contributed by atoms with Gasteiger partial charge in [0.2, 0.25) is 11.8 Å². The van der Waals surface area contributed by atoms with Crippen LogP contribution in [-0.4, -0.2) is 68.6 Å². The molecule has 0 aliphatic carbocycles. The molecule has 2 aromatic heterocycles. The van der Waals surface area contributed by atoms with Crippen molar-refractivity contribution in [1.29, 1.82) is 0 Å². The Kier molecular flexibility index (Phi) is 9.63. The Hall–Kier alpha value is -6.68. The number of pyridine rings is 2. The van der Waals surface area contributed by atoms with Crippen molar-refractivity contribution in [3.63, 3.8) is 0 Å². The Morgan fingerprint density at radius 1 is 0.537 bits per heavy atom. The van der Waals surface area contributed by atoms with Gasteiger partial charge in [0.05, 0.1) is 11.1 Å². The number of amides is 4. The number of fused-ring (bicyclic) bond motifs is 2. The predicted octanol–water partition coefficient (Wildman–Crippen LogP) is 7.44. The highest BCUT2D eigenvalue weighted by Gasteiger charge is 2.36. The maximum atomic E-state index is 13.6. The first-order chi connectivity index (χ1) is 26.4. The van der Waals surface area contributed by atoms with Crippen LogP contribution in [0.5, 0.6) is 0 Å². The Morgan fingerprint density at radius 2 is 0.944 bits per heavy atom. The quantitative estimate of drug-likeness (QED) is 0.158. The van der Waals surface area contributed by atoms with E-state index in [1.54, 1.807) is 34.6 Å². The van der Waals surface area contributed by atoms with Crippen molar-refractivity contribution in [2.75, 3.05) is 23.7 Å². The average Bonchev–Trinajstić information content (AvgIpc) is 3.92. The number of hydrogen-bond acceptors (Lipinski definition) is 6. The lowest BCUT2D eigenvalue weighted by molar-refractivity contribution is -0.120. The summed E-state index contributed by atoms with van der Waals surface area (Å²) >= 11 is 0. The molecule has 2 saturated heterocycles. The molecule has 8 rings (SSSR count). The number of likely N-dealkylation sites (tertiary alicyclic amines) is 2. The van der Waals surface area contributed by atoms with Gasteiger partial charge in [0.1, 0.15) is 12.1 Å². The van der Waals surface area contributed by atoms with Gasteiger partial charge < -0.3 is 20.4 Å². The first kappa shape index (κ1) is 34.4. The highest BCUT2D eigenvalue weighted by atomic mass is 16.2. The fourth-order valence-electron chi connectivity index (χ4n) is 7.45. The van der Waals surface area contributed by atoms with E-state index in [1.807, 2.05) is 109 Å². The first-order valence-corrected chi connectivity index (χ1v) is 18.2. The van der Waals surface area contributed by atoms with Crippen LogP contribution in [0.2, 0.25) is 0 Å². The van der Waals surface area contributed by atoms with Crippen LogP contribution in [0.4, 0.5) is 11.4 Å². The fraction of sp³-hybridized carbons (Fsp3) is 0.182. The van der Waals surface area contributed by atoms with Crippen LogP contribution < -0.4 is 10.6 Å². The van der Waals surface area contributed by atoms with Crippen molar-refractivity contribution in [2.24, 2.45) is 0 Å². The molecule has 2 aliphatic heterocycles. The van der Waals surface area contributed by atoms with Gasteiger partial charge in [0.15, 0.2) is 0 Å². The summed E-state index contributed by atoms with van der Waals surface area (Å²) in [7, 11) is 0. The summed E-state index contributed by atoms with van der Waals surface area (Å²) in [6.45, 7) is 1.03. The van der Waals surface area contributed by atoms with Gasteiger partial charge in [0.25, 0.3) is 11.8 Å². The molecule has 2 fully saturated rings. The molecule has 4 aromatic carbocycles. The minimum atomic E-state index is -0.559. The maximum Gasteiger partial charge on any atom is 0.256 e. The van der Waals surface area contributed by atoms with Gasteiger partial charge in [-0.25, -0.2) is 0 Å². The van der Waals surface area contributed by atoms with Crippen LogP contribution in [0.3, 0.4) is 0 Å². The van der Waals surface area contributed by atoms with Gasteiger partial charge in [-0.2, -0.15) is 0 Å². The summed E-state index contributed by atoms with van der Waals surface area (Å²) in [5.74, 6) is -0.788. The van der Waals surface area contributed by atoms with Crippen LogP contribution in [0.25, 0.3) is 33.7 Å². The van der Waals surface area contributed by atoms with E-state index >= 15 is 0 Å². The Labute approximate surface area is 312 Å². The molecular weight excluding hydrogens is 677 g/mol. The van der Waals surface area contributed by atoms with E-state index in [0.717, 1.165) is 45.5 Å². The summed E-state index contributed by atoms with van der Waals surface area (Å²) < 4.78 is 0. The van der Waals surface area contributed by atoms with Gasteiger partial charge in [-0.05, 0) is 71.8 Å². The SMILES string of the molecule is O=C(Nc1ccc(/C=C/c2ccc(NC(=O)[C@@H]3CCCN3C(=O)c3cncc4ccccc34)cc2)cc1)[C@@H]1CCCN1C(=O)c1cncc2ccccc12. The monoisotopic (exact) mass is 714 g/mol. The molecule has 54 heavy (non-hydrogen) atoms. The highest BCUT2D eigenvalue weighted by molar-refractivity contribution is 6.10. The summed E-state index contributed by atoms with van der Waals surface area (Å²) in [4.78, 5) is 65.6. The Morgan fingerprint density at radius 3 is 1.37 bits per heavy atom. The molecule has 2 aliphatic rings. The second-order valence-electron chi connectivity index (χ2n) is 13.7. The molecule has 0 bridgehead atoms. The number of nitrogens with zero attached hydrogens (tertiary/aromatic N) is 4. The number of rotatable bonds is 8. The third-order valence-electron chi connectivity index (χ3n) is 10.3. The zero-order chi connectivity index (χ0) is 37.0. The van der Waals surface area contributed by atoms with Crippen LogP contribution in [0.1, 0.15) is 57.5 Å². The van der Waals surface area contributed by atoms with Crippen molar-refractivity contribution in [3.05, 3.63) is 144 Å². The maximum absolute atomic E-state index is 13.6. The third-order valence-corrected chi connectivity index (χ3v) is 10.3. The lowest BCUT2D eigenvalue weighted by Crippen LogP contribution is -2.43. The number of carbonyl (C=O) groups is 4. The van der Waals surface area contributed by atoms with E-state index in [1.165, 1.54) is 0 Å². The minimum absolute atomic E-state index is 0.185. The van der Waals surface area contributed by atoms with E-state index < -0.39 is 12.1 Å². The highest BCUT2D eigenvalue weighted by Crippen LogP contribution is 2.27. The summed E-state index contributed by atoms with van der Waals surface area (Å²) in [5.41, 5.74) is 4.20. The third kappa shape index (κ3) is 7.06. The number of hydrogen-bond donors (Lipinski definition) is 2. The van der Waals surface area contributed by atoms with E-state index in [-0.39, 0.29) is 23.6 Å². The lowest BCUT2D eigenvalue weighted by atomic mass is 10.1.